The zero-order chi connectivity index (χ0) is 13.7. The Morgan fingerprint density at radius 3 is 2.22 bits per heavy atom. The molecule has 0 atom stereocenters. The van der Waals surface area contributed by atoms with E-state index in [1.807, 2.05) is 20.8 Å². The topological polar surface area (TPSA) is 32.9 Å². The first-order chi connectivity index (χ1) is 8.21. The predicted octanol–water partition coefficient (Wildman–Crippen LogP) is 4.79. The average Bonchev–Trinajstić information content (AvgIpc) is 2.24. The minimum absolute atomic E-state index is 0.178. The van der Waals surface area contributed by atoms with Gasteiger partial charge in [0.05, 0.1) is 26.0 Å². The normalized spacial score (nSPS) is 12.1. The lowest BCUT2D eigenvalue weighted by molar-refractivity contribution is 0.571. The van der Waals surface area contributed by atoms with Gasteiger partial charge < -0.3 is 4.98 Å². The van der Waals surface area contributed by atoms with E-state index in [1.54, 1.807) is 6.07 Å². The maximum atomic E-state index is 12.1. The Morgan fingerprint density at radius 1 is 1.06 bits per heavy atom. The summed E-state index contributed by atoms with van der Waals surface area (Å²) < 4.78 is 0. The summed E-state index contributed by atoms with van der Waals surface area (Å²) >= 11 is 18.1. The van der Waals surface area contributed by atoms with Crippen molar-refractivity contribution in [3.8, 4) is 0 Å². The van der Waals surface area contributed by atoms with Crippen LogP contribution in [-0.2, 0) is 5.41 Å². The molecule has 1 N–H and O–H groups in total. The van der Waals surface area contributed by atoms with Crippen LogP contribution in [0.1, 0.15) is 26.5 Å². The highest BCUT2D eigenvalue weighted by atomic mass is 35.5. The fourth-order valence-electron chi connectivity index (χ4n) is 1.73. The highest BCUT2D eigenvalue weighted by Crippen LogP contribution is 2.34. The number of benzene rings is 1. The predicted molar refractivity (Wildman–Crippen MR) is 78.3 cm³/mol. The second kappa shape index (κ2) is 4.44. The van der Waals surface area contributed by atoms with E-state index in [9.17, 15) is 4.79 Å². The highest BCUT2D eigenvalue weighted by Gasteiger charge is 2.19. The Kier molecular flexibility index (Phi) is 3.39. The van der Waals surface area contributed by atoms with Crippen LogP contribution < -0.4 is 5.43 Å². The third-order valence-electron chi connectivity index (χ3n) is 2.76. The molecule has 2 aromatic rings. The molecule has 1 aromatic carbocycles. The summed E-state index contributed by atoms with van der Waals surface area (Å²) in [6.45, 7) is 6.03. The first-order valence-corrected chi connectivity index (χ1v) is 6.56. The van der Waals surface area contributed by atoms with Crippen molar-refractivity contribution in [3.05, 3.63) is 43.1 Å². The fraction of sp³-hybridized carbons (Fsp3) is 0.308. The van der Waals surface area contributed by atoms with Crippen LogP contribution in [0.4, 0.5) is 0 Å². The SMILES string of the molecule is CC(C)(C)c1cc(=O)c2c(Cl)c(Cl)cc(Cl)c2[nH]1. The van der Waals surface area contributed by atoms with Gasteiger partial charge in [-0.3, -0.25) is 4.79 Å². The van der Waals surface area contributed by atoms with Crippen molar-refractivity contribution in [3.63, 3.8) is 0 Å². The molecular weight excluding hydrogens is 293 g/mol. The number of halogens is 3. The summed E-state index contributed by atoms with van der Waals surface area (Å²) in [5.41, 5.74) is 0.981. The molecule has 5 heteroatoms. The van der Waals surface area contributed by atoms with Gasteiger partial charge in [-0.1, -0.05) is 55.6 Å². The van der Waals surface area contributed by atoms with Gasteiger partial charge in [0, 0.05) is 17.2 Å². The second-order valence-corrected chi connectivity index (χ2v) is 6.39. The molecule has 1 heterocycles. The van der Waals surface area contributed by atoms with Crippen molar-refractivity contribution in [2.75, 3.05) is 0 Å². The van der Waals surface area contributed by atoms with Gasteiger partial charge in [0.2, 0.25) is 0 Å². The number of hydrogen-bond acceptors (Lipinski definition) is 1. The largest absolute Gasteiger partial charge is 0.356 e. The van der Waals surface area contributed by atoms with Crippen molar-refractivity contribution in [1.82, 2.24) is 4.98 Å². The van der Waals surface area contributed by atoms with Crippen LogP contribution in [0.3, 0.4) is 0 Å². The molecule has 18 heavy (non-hydrogen) atoms. The van der Waals surface area contributed by atoms with Crippen LogP contribution in [0.25, 0.3) is 10.9 Å². The third kappa shape index (κ3) is 2.25. The van der Waals surface area contributed by atoms with Crippen molar-refractivity contribution in [1.29, 1.82) is 0 Å². The molecule has 0 aliphatic rings. The van der Waals surface area contributed by atoms with Crippen LogP contribution >= 0.6 is 34.8 Å². The molecule has 0 saturated heterocycles. The van der Waals surface area contributed by atoms with Gasteiger partial charge in [-0.2, -0.15) is 0 Å². The van der Waals surface area contributed by atoms with Crippen LogP contribution in [-0.4, -0.2) is 4.98 Å². The molecule has 0 aliphatic heterocycles. The van der Waals surface area contributed by atoms with Gasteiger partial charge in [0.15, 0.2) is 5.43 Å². The molecule has 0 spiro atoms. The highest BCUT2D eigenvalue weighted by molar-refractivity contribution is 6.47. The third-order valence-corrected chi connectivity index (χ3v) is 3.85. The number of aromatic amines is 1. The van der Waals surface area contributed by atoms with Gasteiger partial charge in [-0.15, -0.1) is 0 Å². The Hall–Kier alpha value is -0.700. The average molecular weight is 305 g/mol. The number of fused-ring (bicyclic) bond motifs is 1. The van der Waals surface area contributed by atoms with Crippen LogP contribution in [0.15, 0.2) is 16.9 Å². The van der Waals surface area contributed by atoms with E-state index < -0.39 is 0 Å². The van der Waals surface area contributed by atoms with Crippen molar-refractivity contribution >= 4 is 45.7 Å². The molecule has 2 nitrogen and oxygen atoms in total. The molecule has 0 saturated carbocycles. The number of H-pyrrole nitrogens is 1. The monoisotopic (exact) mass is 303 g/mol. The molecule has 0 unspecified atom stereocenters. The maximum Gasteiger partial charge on any atom is 0.191 e. The molecule has 96 valence electrons. The summed E-state index contributed by atoms with van der Waals surface area (Å²) in [5, 5.41) is 1.24. The number of pyridine rings is 1. The summed E-state index contributed by atoms with van der Waals surface area (Å²) in [6.07, 6.45) is 0. The van der Waals surface area contributed by atoms with Gasteiger partial charge in [-0.25, -0.2) is 0 Å². The molecule has 1 aromatic heterocycles. The van der Waals surface area contributed by atoms with Crippen LogP contribution in [0.5, 0.6) is 0 Å². The fourth-order valence-corrected chi connectivity index (χ4v) is 2.48. The number of aromatic nitrogens is 1. The van der Waals surface area contributed by atoms with E-state index in [0.29, 0.717) is 15.9 Å². The Labute approximate surface area is 120 Å². The second-order valence-electron chi connectivity index (χ2n) is 5.20. The van der Waals surface area contributed by atoms with Gasteiger partial charge in [0.1, 0.15) is 0 Å². The lowest BCUT2D eigenvalue weighted by atomic mass is 9.91. The number of nitrogens with one attached hydrogen (secondary N) is 1. The standard InChI is InChI=1S/C13H12Cl3NO/c1-13(2,3)9-5-8(18)10-11(16)6(14)4-7(15)12(10)17-9/h4-5H,1-3H3,(H,17,18). The molecule has 0 fully saturated rings. The van der Waals surface area contributed by atoms with E-state index in [0.717, 1.165) is 5.69 Å². The summed E-state index contributed by atoms with van der Waals surface area (Å²) in [6, 6.07) is 3.08. The molecule has 0 radical (unpaired) electrons. The van der Waals surface area contributed by atoms with Crippen molar-refractivity contribution in [2.24, 2.45) is 0 Å². The van der Waals surface area contributed by atoms with Crippen molar-refractivity contribution < 1.29 is 0 Å². The van der Waals surface area contributed by atoms with Crippen LogP contribution in [0.2, 0.25) is 15.1 Å². The molecule has 0 bridgehead atoms. The van der Waals surface area contributed by atoms with E-state index >= 15 is 0 Å². The lowest BCUT2D eigenvalue weighted by Gasteiger charge is -2.19. The van der Waals surface area contributed by atoms with E-state index in [-0.39, 0.29) is 20.9 Å². The first kappa shape index (κ1) is 13.7. The lowest BCUT2D eigenvalue weighted by Crippen LogP contribution is -2.17. The van der Waals surface area contributed by atoms with Gasteiger partial charge >= 0.3 is 0 Å². The Morgan fingerprint density at radius 2 is 1.67 bits per heavy atom. The van der Waals surface area contributed by atoms with Crippen molar-refractivity contribution in [2.45, 2.75) is 26.2 Å². The molecular formula is C13H12Cl3NO. The van der Waals surface area contributed by atoms with E-state index in [1.165, 1.54) is 6.07 Å². The smallest absolute Gasteiger partial charge is 0.191 e. The van der Waals surface area contributed by atoms with E-state index in [2.05, 4.69) is 4.98 Å². The minimum atomic E-state index is -0.178. The summed E-state index contributed by atoms with van der Waals surface area (Å²) in [5.74, 6) is 0. The zero-order valence-corrected chi connectivity index (χ0v) is 12.5. The summed E-state index contributed by atoms with van der Waals surface area (Å²) in [7, 11) is 0. The number of rotatable bonds is 0. The molecule has 0 amide bonds. The Bertz CT molecular complexity index is 683. The number of hydrogen-bond donors (Lipinski definition) is 1. The van der Waals surface area contributed by atoms with Gasteiger partial charge in [0.25, 0.3) is 0 Å². The quantitative estimate of drug-likeness (QED) is 0.698. The zero-order valence-electron chi connectivity index (χ0n) is 10.2. The van der Waals surface area contributed by atoms with Gasteiger partial charge in [-0.05, 0) is 6.07 Å². The molecule has 0 aliphatic carbocycles. The first-order valence-electron chi connectivity index (χ1n) is 5.43. The minimum Gasteiger partial charge on any atom is -0.356 e. The summed E-state index contributed by atoms with van der Waals surface area (Å²) in [4.78, 5) is 15.3. The Balaban J connectivity index is 2.96. The molecule has 2 rings (SSSR count). The maximum absolute atomic E-state index is 12.1. The van der Waals surface area contributed by atoms with E-state index in [4.69, 9.17) is 34.8 Å². The van der Waals surface area contributed by atoms with Crippen LogP contribution in [0, 0.1) is 0 Å².